The number of anilines is 1. The molecule has 0 unspecified atom stereocenters. The number of hydrogen-bond donors (Lipinski definition) is 1. The minimum Gasteiger partial charge on any atom is -0.356 e. The second-order valence-electron chi connectivity index (χ2n) is 5.63. The predicted molar refractivity (Wildman–Crippen MR) is 107 cm³/mol. The molecular formula is C16H29IN6. The maximum atomic E-state index is 4.43. The molecule has 0 aliphatic carbocycles. The first-order chi connectivity index (χ1) is 10.8. The fourth-order valence-corrected chi connectivity index (χ4v) is 2.72. The van der Waals surface area contributed by atoms with Gasteiger partial charge in [-0.25, -0.2) is 9.97 Å². The van der Waals surface area contributed by atoms with Gasteiger partial charge in [-0.1, -0.05) is 26.7 Å². The fraction of sp³-hybridized carbons (Fsp3) is 0.688. The number of nitrogens with zero attached hydrogens (tertiary/aromatic N) is 5. The smallest absolute Gasteiger partial charge is 0.225 e. The highest BCUT2D eigenvalue weighted by Gasteiger charge is 2.21. The number of aliphatic imine (C=N–C) groups is 1. The Morgan fingerprint density at radius 2 is 1.78 bits per heavy atom. The van der Waals surface area contributed by atoms with E-state index in [2.05, 4.69) is 43.9 Å². The third-order valence-electron chi connectivity index (χ3n) is 4.33. The number of rotatable bonds is 5. The highest BCUT2D eigenvalue weighted by Crippen LogP contribution is 2.10. The molecule has 0 aromatic carbocycles. The Balaban J connectivity index is 0.00000264. The SMILES string of the molecule is CCC(CC)CNC(=NC)N1CCN(c2ncccn2)CC1.I. The molecule has 130 valence electrons. The Labute approximate surface area is 156 Å². The van der Waals surface area contributed by atoms with E-state index in [0.717, 1.165) is 50.5 Å². The second-order valence-corrected chi connectivity index (χ2v) is 5.63. The molecule has 1 aliphatic heterocycles. The van der Waals surface area contributed by atoms with E-state index in [9.17, 15) is 0 Å². The van der Waals surface area contributed by atoms with Crippen molar-refractivity contribution >= 4 is 35.9 Å². The Hall–Kier alpha value is -1.12. The van der Waals surface area contributed by atoms with Crippen LogP contribution >= 0.6 is 24.0 Å². The summed E-state index contributed by atoms with van der Waals surface area (Å²) in [5.41, 5.74) is 0. The lowest BCUT2D eigenvalue weighted by atomic mass is 10.0. The van der Waals surface area contributed by atoms with E-state index in [-0.39, 0.29) is 24.0 Å². The van der Waals surface area contributed by atoms with Crippen molar-refractivity contribution in [3.05, 3.63) is 18.5 Å². The van der Waals surface area contributed by atoms with Crippen molar-refractivity contribution in [2.45, 2.75) is 26.7 Å². The monoisotopic (exact) mass is 432 g/mol. The van der Waals surface area contributed by atoms with E-state index in [4.69, 9.17) is 0 Å². The molecule has 1 aromatic heterocycles. The quantitative estimate of drug-likeness (QED) is 0.440. The summed E-state index contributed by atoms with van der Waals surface area (Å²) in [6.45, 7) is 9.24. The standard InChI is InChI=1S/C16H28N6.HI/c1-4-14(5-2)13-20-15(17-3)21-9-11-22(12-10-21)16-18-7-6-8-19-16;/h6-8,14H,4-5,9-13H2,1-3H3,(H,17,20);1H. The number of hydrogen-bond acceptors (Lipinski definition) is 4. The molecule has 6 nitrogen and oxygen atoms in total. The highest BCUT2D eigenvalue weighted by atomic mass is 127. The molecule has 0 atom stereocenters. The average molecular weight is 432 g/mol. The Morgan fingerprint density at radius 1 is 1.17 bits per heavy atom. The van der Waals surface area contributed by atoms with Gasteiger partial charge in [-0.05, 0) is 12.0 Å². The van der Waals surface area contributed by atoms with E-state index < -0.39 is 0 Å². The molecule has 2 heterocycles. The van der Waals surface area contributed by atoms with E-state index in [1.807, 2.05) is 13.1 Å². The van der Waals surface area contributed by atoms with Gasteiger partial charge in [-0.2, -0.15) is 0 Å². The highest BCUT2D eigenvalue weighted by molar-refractivity contribution is 14.0. The van der Waals surface area contributed by atoms with Crippen LogP contribution in [0.25, 0.3) is 0 Å². The van der Waals surface area contributed by atoms with Gasteiger partial charge in [-0.3, -0.25) is 4.99 Å². The third kappa shape index (κ3) is 5.78. The number of guanidine groups is 1. The number of aromatic nitrogens is 2. The zero-order chi connectivity index (χ0) is 15.8. The number of piperazine rings is 1. The van der Waals surface area contributed by atoms with Crippen molar-refractivity contribution in [2.24, 2.45) is 10.9 Å². The van der Waals surface area contributed by atoms with Crippen molar-refractivity contribution < 1.29 is 0 Å². The minimum absolute atomic E-state index is 0. The largest absolute Gasteiger partial charge is 0.356 e. The first-order valence-corrected chi connectivity index (χ1v) is 8.26. The van der Waals surface area contributed by atoms with Crippen LogP contribution in [0.2, 0.25) is 0 Å². The Bertz CT molecular complexity index is 455. The lowest BCUT2D eigenvalue weighted by molar-refractivity contribution is 0.363. The summed E-state index contributed by atoms with van der Waals surface area (Å²) in [5.74, 6) is 2.55. The molecular weight excluding hydrogens is 403 g/mol. The molecule has 23 heavy (non-hydrogen) atoms. The van der Waals surface area contributed by atoms with Gasteiger partial charge in [0.1, 0.15) is 0 Å². The normalized spacial score (nSPS) is 15.6. The molecule has 0 spiro atoms. The molecule has 0 saturated carbocycles. The molecule has 1 aliphatic rings. The van der Waals surface area contributed by atoms with Crippen LogP contribution in [-0.2, 0) is 0 Å². The summed E-state index contributed by atoms with van der Waals surface area (Å²) in [5, 5.41) is 3.52. The molecule has 1 saturated heterocycles. The first kappa shape index (κ1) is 19.9. The summed E-state index contributed by atoms with van der Waals surface area (Å²) >= 11 is 0. The Morgan fingerprint density at radius 3 is 2.30 bits per heavy atom. The van der Waals surface area contributed by atoms with Crippen molar-refractivity contribution in [3.63, 3.8) is 0 Å². The van der Waals surface area contributed by atoms with Crippen LogP contribution in [0.4, 0.5) is 5.95 Å². The molecule has 1 N–H and O–H groups in total. The lowest BCUT2D eigenvalue weighted by Gasteiger charge is -2.36. The second kappa shape index (κ2) is 10.6. The molecule has 0 radical (unpaired) electrons. The van der Waals surface area contributed by atoms with Gasteiger partial charge in [-0.15, -0.1) is 24.0 Å². The van der Waals surface area contributed by atoms with Crippen molar-refractivity contribution in [3.8, 4) is 0 Å². The zero-order valence-electron chi connectivity index (χ0n) is 14.4. The van der Waals surface area contributed by atoms with Gasteiger partial charge in [0.05, 0.1) is 0 Å². The minimum atomic E-state index is 0. The van der Waals surface area contributed by atoms with Crippen LogP contribution in [0.3, 0.4) is 0 Å². The summed E-state index contributed by atoms with van der Waals surface area (Å²) < 4.78 is 0. The topological polar surface area (TPSA) is 56.7 Å². The molecule has 0 bridgehead atoms. The lowest BCUT2D eigenvalue weighted by Crippen LogP contribution is -2.53. The summed E-state index contributed by atoms with van der Waals surface area (Å²) in [6.07, 6.45) is 6.01. The summed E-state index contributed by atoms with van der Waals surface area (Å²) in [6, 6.07) is 1.85. The van der Waals surface area contributed by atoms with E-state index in [1.54, 1.807) is 12.4 Å². The van der Waals surface area contributed by atoms with E-state index in [1.165, 1.54) is 12.8 Å². The van der Waals surface area contributed by atoms with Crippen LogP contribution in [0.1, 0.15) is 26.7 Å². The van der Waals surface area contributed by atoms with Crippen LogP contribution in [-0.4, -0.2) is 60.6 Å². The van der Waals surface area contributed by atoms with Crippen LogP contribution in [0.5, 0.6) is 0 Å². The van der Waals surface area contributed by atoms with Gasteiger partial charge in [0, 0.05) is 52.2 Å². The van der Waals surface area contributed by atoms with E-state index >= 15 is 0 Å². The maximum Gasteiger partial charge on any atom is 0.225 e. The van der Waals surface area contributed by atoms with Gasteiger partial charge in [0.25, 0.3) is 0 Å². The average Bonchev–Trinajstić information content (AvgIpc) is 2.60. The van der Waals surface area contributed by atoms with Gasteiger partial charge < -0.3 is 15.1 Å². The zero-order valence-corrected chi connectivity index (χ0v) is 16.7. The first-order valence-electron chi connectivity index (χ1n) is 8.26. The van der Waals surface area contributed by atoms with Crippen molar-refractivity contribution in [1.29, 1.82) is 0 Å². The van der Waals surface area contributed by atoms with Crippen molar-refractivity contribution in [1.82, 2.24) is 20.2 Å². The molecule has 0 amide bonds. The summed E-state index contributed by atoms with van der Waals surface area (Å²) in [7, 11) is 1.86. The van der Waals surface area contributed by atoms with Crippen molar-refractivity contribution in [2.75, 3.05) is 44.7 Å². The van der Waals surface area contributed by atoms with Crippen LogP contribution < -0.4 is 10.2 Å². The molecule has 7 heteroatoms. The van der Waals surface area contributed by atoms with Crippen LogP contribution in [0.15, 0.2) is 23.5 Å². The predicted octanol–water partition coefficient (Wildman–Crippen LogP) is 2.23. The number of nitrogens with one attached hydrogen (secondary N) is 1. The fourth-order valence-electron chi connectivity index (χ4n) is 2.72. The van der Waals surface area contributed by atoms with E-state index in [0.29, 0.717) is 0 Å². The third-order valence-corrected chi connectivity index (χ3v) is 4.33. The summed E-state index contributed by atoms with van der Waals surface area (Å²) in [4.78, 5) is 17.6. The molecule has 2 rings (SSSR count). The molecule has 1 fully saturated rings. The van der Waals surface area contributed by atoms with Gasteiger partial charge in [0.2, 0.25) is 5.95 Å². The van der Waals surface area contributed by atoms with Crippen LogP contribution in [0, 0.1) is 5.92 Å². The van der Waals surface area contributed by atoms with Gasteiger partial charge >= 0.3 is 0 Å². The maximum absolute atomic E-state index is 4.43. The Kier molecular flexibility index (Phi) is 9.20. The molecule has 1 aromatic rings. The van der Waals surface area contributed by atoms with Gasteiger partial charge in [0.15, 0.2) is 5.96 Å². The number of halogens is 1.